The van der Waals surface area contributed by atoms with E-state index in [1.807, 2.05) is 76.9 Å². The molecule has 3 nitrogen and oxygen atoms in total. The maximum atomic E-state index is 9.87. The van der Waals surface area contributed by atoms with E-state index < -0.39 is 7.81 Å². The molecule has 0 unspecified atom stereocenters. The minimum atomic E-state index is -10.7. The Hall–Kier alpha value is -1.63. The van der Waals surface area contributed by atoms with Crippen molar-refractivity contribution in [3.05, 3.63) is 122 Å². The molecule has 1 aliphatic heterocycles. The molecule has 1 heterocycles. The summed E-state index contributed by atoms with van der Waals surface area (Å²) in [7, 11) is -4.14. The second kappa shape index (κ2) is 15.0. The van der Waals surface area contributed by atoms with Crippen LogP contribution in [0.15, 0.2) is 72.0 Å². The fourth-order valence-electron chi connectivity index (χ4n) is 3.06. The summed E-state index contributed by atoms with van der Waals surface area (Å²) in [6.07, 6.45) is 12.6. The molecule has 1 fully saturated rings. The SMILES string of the molecule is C[C]1[CH][CH][C](C(C)C)[CH][CH]1.Cc1ccc(C(=Nc2ccccc2)N2[C]N(C)C=C2)cc1.F[P-](F)(F)(F)(F)F.[Cl][Ru+]. The second-order valence-electron chi connectivity index (χ2n) is 9.04. The van der Waals surface area contributed by atoms with Crippen LogP contribution in [0.1, 0.15) is 31.9 Å². The number of amidine groups is 1. The third kappa shape index (κ3) is 17.2. The number of aryl methyl sites for hydroxylation is 1. The summed E-state index contributed by atoms with van der Waals surface area (Å²) in [5.41, 5.74) is 3.23. The molecule has 0 saturated heterocycles. The Kier molecular flexibility index (Phi) is 13.7. The first-order valence-corrected chi connectivity index (χ1v) is 16.1. The number of para-hydroxylation sites is 1. The first-order chi connectivity index (χ1) is 18.4. The molecule has 0 amide bonds. The normalized spacial score (nSPS) is 18.0. The first kappa shape index (κ1) is 36.4. The van der Waals surface area contributed by atoms with Crippen molar-refractivity contribution >= 4 is 29.0 Å². The van der Waals surface area contributed by atoms with E-state index >= 15 is 0 Å². The Morgan fingerprint density at radius 1 is 0.825 bits per heavy atom. The van der Waals surface area contributed by atoms with Crippen molar-refractivity contribution in [2.24, 2.45) is 10.9 Å². The van der Waals surface area contributed by atoms with Crippen molar-refractivity contribution in [2.45, 2.75) is 27.7 Å². The molecule has 1 saturated carbocycles. The van der Waals surface area contributed by atoms with Crippen LogP contribution in [-0.4, -0.2) is 22.7 Å². The van der Waals surface area contributed by atoms with E-state index in [0.29, 0.717) is 5.92 Å². The van der Waals surface area contributed by atoms with Gasteiger partial charge in [-0.3, -0.25) is 4.90 Å². The summed E-state index contributed by atoms with van der Waals surface area (Å²) in [4.78, 5) is 8.58. The van der Waals surface area contributed by atoms with Gasteiger partial charge in [0.25, 0.3) is 0 Å². The molecule has 2 aromatic carbocycles. The van der Waals surface area contributed by atoms with Crippen molar-refractivity contribution < 1.29 is 42.5 Å². The van der Waals surface area contributed by atoms with Crippen LogP contribution in [0.3, 0.4) is 0 Å². The Labute approximate surface area is 248 Å². The molecule has 0 bridgehead atoms. The first-order valence-electron chi connectivity index (χ1n) is 11.8. The average molecular weight is 691 g/mol. The standard InChI is InChI=1S/C18H17N3.C10H14.ClH.F6P.Ru/c1-15-8-10-16(11-9-15)18(21-13-12-20(2)14-21)19-17-6-4-3-5-7-17;1-8(2)10-6-4-9(3)5-7-10;;1-7(2,3,4,5)6;/h3-13H,1-2H3;4-8H,1-3H3;1H;;/q;;;-1;+2/p-1. The van der Waals surface area contributed by atoms with Crippen molar-refractivity contribution in [3.63, 3.8) is 0 Å². The molecular weight excluding hydrogens is 660 g/mol. The van der Waals surface area contributed by atoms with E-state index in [4.69, 9.17) is 4.99 Å². The molecule has 12 heteroatoms. The molecule has 40 heavy (non-hydrogen) atoms. The van der Waals surface area contributed by atoms with Gasteiger partial charge in [0.15, 0.2) is 0 Å². The molecule has 0 spiro atoms. The van der Waals surface area contributed by atoms with Crippen LogP contribution >= 0.6 is 17.5 Å². The molecule has 0 N–H and O–H groups in total. The Bertz CT molecular complexity index is 1060. The predicted molar refractivity (Wildman–Crippen MR) is 149 cm³/mol. The number of nitrogens with zero attached hydrogens (tertiary/aromatic N) is 3. The van der Waals surface area contributed by atoms with Crippen LogP contribution in [0, 0.1) is 57.0 Å². The fourth-order valence-corrected chi connectivity index (χ4v) is 3.06. The molecule has 0 atom stereocenters. The van der Waals surface area contributed by atoms with Gasteiger partial charge in [0.05, 0.1) is 5.69 Å². The van der Waals surface area contributed by atoms with Crippen LogP contribution < -0.4 is 0 Å². The van der Waals surface area contributed by atoms with Gasteiger partial charge in [-0.2, -0.15) is 0 Å². The van der Waals surface area contributed by atoms with Gasteiger partial charge >= 0.3 is 60.0 Å². The number of halogens is 7. The average Bonchev–Trinajstić information content (AvgIpc) is 3.30. The quantitative estimate of drug-likeness (QED) is 0.105. The van der Waals surface area contributed by atoms with Crippen LogP contribution in [0.2, 0.25) is 0 Å². The van der Waals surface area contributed by atoms with Crippen LogP contribution in [0.5, 0.6) is 0 Å². The summed E-state index contributed by atoms with van der Waals surface area (Å²) >= 11 is 1.82. The van der Waals surface area contributed by atoms with Crippen molar-refractivity contribution in [1.29, 1.82) is 0 Å². The van der Waals surface area contributed by atoms with E-state index in [1.54, 1.807) is 0 Å². The number of hydrogen-bond donors (Lipinski definition) is 0. The number of hydrogen-bond acceptors (Lipinski definition) is 2. The number of benzene rings is 2. The van der Waals surface area contributed by atoms with Gasteiger partial charge in [-0.05, 0) is 62.5 Å². The minimum absolute atomic E-state index is 0.653. The Morgan fingerprint density at radius 3 is 1.75 bits per heavy atom. The molecular formula is C28H31ClF6N3PRu. The van der Waals surface area contributed by atoms with Gasteiger partial charge in [0.2, 0.25) is 6.67 Å². The molecule has 8 radical (unpaired) electrons. The molecule has 0 aromatic heterocycles. The van der Waals surface area contributed by atoms with Crippen molar-refractivity contribution in [2.75, 3.05) is 7.05 Å². The van der Waals surface area contributed by atoms with Gasteiger partial charge in [-0.15, -0.1) is 0 Å². The van der Waals surface area contributed by atoms with E-state index in [2.05, 4.69) is 94.0 Å². The van der Waals surface area contributed by atoms with Crippen LogP contribution in [-0.2, 0) is 17.3 Å². The molecule has 220 valence electrons. The predicted octanol–water partition coefficient (Wildman–Crippen LogP) is 10.5. The molecule has 4 rings (SSSR count). The monoisotopic (exact) mass is 691 g/mol. The van der Waals surface area contributed by atoms with Gasteiger partial charge < -0.3 is 4.90 Å². The van der Waals surface area contributed by atoms with Crippen molar-refractivity contribution in [1.82, 2.24) is 9.80 Å². The topological polar surface area (TPSA) is 18.8 Å². The van der Waals surface area contributed by atoms with Crippen LogP contribution in [0.25, 0.3) is 0 Å². The third-order valence-electron chi connectivity index (χ3n) is 4.98. The summed E-state index contributed by atoms with van der Waals surface area (Å²) in [6.45, 7) is 11.8. The Balaban J connectivity index is 0.000000350. The molecule has 2 aromatic rings. The maximum absolute atomic E-state index is 10.7. The van der Waals surface area contributed by atoms with E-state index in [9.17, 15) is 25.2 Å². The zero-order valence-corrected chi connectivity index (χ0v) is 25.9. The summed E-state index contributed by atoms with van der Waals surface area (Å²) in [6, 6.07) is 18.3. The van der Waals surface area contributed by atoms with Crippen molar-refractivity contribution in [3.8, 4) is 0 Å². The summed E-state index contributed by atoms with van der Waals surface area (Å²) in [5.74, 6) is 4.28. The third-order valence-corrected chi connectivity index (χ3v) is 4.98. The van der Waals surface area contributed by atoms with E-state index in [0.717, 1.165) is 17.1 Å². The number of aliphatic imine (C=N–C) groups is 1. The van der Waals surface area contributed by atoms with Gasteiger partial charge in [0, 0.05) is 25.0 Å². The fraction of sp³-hybridized carbons (Fsp3) is 0.214. The Morgan fingerprint density at radius 2 is 1.32 bits per heavy atom. The summed E-state index contributed by atoms with van der Waals surface area (Å²) in [5, 5.41) is 0. The molecule has 1 aliphatic carbocycles. The van der Waals surface area contributed by atoms with Gasteiger partial charge in [-0.1, -0.05) is 68.8 Å². The second-order valence-corrected chi connectivity index (χ2v) is 11.0. The van der Waals surface area contributed by atoms with Gasteiger partial charge in [0.1, 0.15) is 5.84 Å². The van der Waals surface area contributed by atoms with E-state index in [1.165, 1.54) is 17.4 Å². The molecule has 2 aliphatic rings. The van der Waals surface area contributed by atoms with E-state index in [-0.39, 0.29) is 0 Å². The zero-order chi connectivity index (χ0) is 30.6. The van der Waals surface area contributed by atoms with Gasteiger partial charge in [-0.25, -0.2) is 4.99 Å². The zero-order valence-electron chi connectivity index (χ0n) is 22.5. The number of rotatable bonds is 3. The van der Waals surface area contributed by atoms with Crippen LogP contribution in [0.4, 0.5) is 30.9 Å². The summed E-state index contributed by atoms with van der Waals surface area (Å²) < 4.78 is 59.2.